The minimum absolute atomic E-state index is 0.611. The summed E-state index contributed by atoms with van der Waals surface area (Å²) >= 11 is 0. The van der Waals surface area contributed by atoms with Gasteiger partial charge in [-0.2, -0.15) is 0 Å². The van der Waals surface area contributed by atoms with Crippen molar-refractivity contribution in [3.05, 3.63) is 35.7 Å². The summed E-state index contributed by atoms with van der Waals surface area (Å²) in [5.41, 5.74) is 0.873. The summed E-state index contributed by atoms with van der Waals surface area (Å²) < 4.78 is 4.99. The average molecular weight is 232 g/mol. The van der Waals surface area contributed by atoms with Crippen molar-refractivity contribution in [2.75, 3.05) is 17.2 Å². The van der Waals surface area contributed by atoms with E-state index in [1.54, 1.807) is 0 Å². The van der Waals surface area contributed by atoms with Gasteiger partial charge in [-0.3, -0.25) is 0 Å². The van der Waals surface area contributed by atoms with Gasteiger partial charge in [-0.15, -0.1) is 0 Å². The Morgan fingerprint density at radius 2 is 2.00 bits per heavy atom. The van der Waals surface area contributed by atoms with E-state index in [0.717, 1.165) is 29.6 Å². The van der Waals surface area contributed by atoms with E-state index in [1.165, 1.54) is 0 Å². The lowest BCUT2D eigenvalue weighted by atomic mass is 10.3. The zero-order valence-corrected chi connectivity index (χ0v) is 10.0. The largest absolute Gasteiger partial charge is 0.370 e. The van der Waals surface area contributed by atoms with Crippen molar-refractivity contribution in [3.8, 4) is 0 Å². The molecule has 0 radical (unpaired) electrons. The Labute approximate surface area is 100 Å². The minimum Gasteiger partial charge on any atom is -0.370 e. The first-order chi connectivity index (χ1) is 8.28. The Balaban J connectivity index is 1.96. The zero-order chi connectivity index (χ0) is 12.1. The SMILES string of the molecule is CCNc1cccc(NCc2cc(C)on2)n1. The molecular formula is C12H16N4O. The molecule has 2 rings (SSSR count). The molecule has 5 nitrogen and oxygen atoms in total. The van der Waals surface area contributed by atoms with Gasteiger partial charge in [0.1, 0.15) is 23.1 Å². The normalized spacial score (nSPS) is 10.2. The fourth-order valence-electron chi connectivity index (χ4n) is 1.50. The molecule has 0 spiro atoms. The molecule has 0 bridgehead atoms. The van der Waals surface area contributed by atoms with Crippen LogP contribution in [0.3, 0.4) is 0 Å². The van der Waals surface area contributed by atoms with Crippen LogP contribution in [0, 0.1) is 6.92 Å². The molecule has 2 aromatic heterocycles. The molecule has 2 heterocycles. The molecule has 2 aromatic rings. The second-order valence-electron chi connectivity index (χ2n) is 3.72. The number of anilines is 2. The summed E-state index contributed by atoms with van der Waals surface area (Å²) in [6.45, 7) is 5.39. The highest BCUT2D eigenvalue weighted by Crippen LogP contribution is 2.10. The van der Waals surface area contributed by atoms with Gasteiger partial charge >= 0.3 is 0 Å². The van der Waals surface area contributed by atoms with Crippen molar-refractivity contribution >= 4 is 11.6 Å². The first-order valence-electron chi connectivity index (χ1n) is 5.65. The monoisotopic (exact) mass is 232 g/mol. The lowest BCUT2D eigenvalue weighted by molar-refractivity contribution is 0.391. The molecule has 0 saturated carbocycles. The molecule has 17 heavy (non-hydrogen) atoms. The number of rotatable bonds is 5. The molecule has 0 aliphatic heterocycles. The molecule has 90 valence electrons. The Kier molecular flexibility index (Phi) is 3.59. The van der Waals surface area contributed by atoms with Crippen LogP contribution < -0.4 is 10.6 Å². The van der Waals surface area contributed by atoms with Crippen molar-refractivity contribution in [3.63, 3.8) is 0 Å². The predicted molar refractivity (Wildman–Crippen MR) is 67.0 cm³/mol. The third-order valence-corrected chi connectivity index (χ3v) is 2.23. The zero-order valence-electron chi connectivity index (χ0n) is 10.0. The molecule has 0 unspecified atom stereocenters. The first-order valence-corrected chi connectivity index (χ1v) is 5.65. The highest BCUT2D eigenvalue weighted by molar-refractivity contribution is 5.45. The van der Waals surface area contributed by atoms with Crippen molar-refractivity contribution < 1.29 is 4.52 Å². The van der Waals surface area contributed by atoms with E-state index >= 15 is 0 Å². The van der Waals surface area contributed by atoms with E-state index in [2.05, 4.69) is 20.8 Å². The highest BCUT2D eigenvalue weighted by Gasteiger charge is 2.01. The first kappa shape index (κ1) is 11.4. The Hall–Kier alpha value is -2.04. The van der Waals surface area contributed by atoms with Gasteiger partial charge < -0.3 is 15.2 Å². The highest BCUT2D eigenvalue weighted by atomic mass is 16.5. The van der Waals surface area contributed by atoms with Crippen molar-refractivity contribution in [2.45, 2.75) is 20.4 Å². The van der Waals surface area contributed by atoms with Gasteiger partial charge in [-0.25, -0.2) is 4.98 Å². The fourth-order valence-corrected chi connectivity index (χ4v) is 1.50. The Morgan fingerprint density at radius 3 is 2.65 bits per heavy atom. The molecule has 2 N–H and O–H groups in total. The van der Waals surface area contributed by atoms with Gasteiger partial charge in [0.25, 0.3) is 0 Å². The average Bonchev–Trinajstić information content (AvgIpc) is 2.74. The Morgan fingerprint density at radius 1 is 1.24 bits per heavy atom. The summed E-state index contributed by atoms with van der Waals surface area (Å²) in [5, 5.41) is 10.3. The van der Waals surface area contributed by atoms with Gasteiger partial charge in [0, 0.05) is 12.6 Å². The van der Waals surface area contributed by atoms with E-state index in [9.17, 15) is 0 Å². The molecule has 5 heteroatoms. The smallest absolute Gasteiger partial charge is 0.133 e. The standard InChI is InChI=1S/C12H16N4O/c1-3-13-11-5-4-6-12(15-11)14-8-10-7-9(2)17-16-10/h4-7H,3,8H2,1-2H3,(H2,13,14,15). The number of hydrogen-bond donors (Lipinski definition) is 2. The number of aryl methyl sites for hydroxylation is 1. The summed E-state index contributed by atoms with van der Waals surface area (Å²) in [7, 11) is 0. The van der Waals surface area contributed by atoms with Gasteiger partial charge in [-0.1, -0.05) is 11.2 Å². The van der Waals surface area contributed by atoms with Gasteiger partial charge in [0.2, 0.25) is 0 Å². The fraction of sp³-hybridized carbons (Fsp3) is 0.333. The van der Waals surface area contributed by atoms with Gasteiger partial charge in [-0.05, 0) is 26.0 Å². The third kappa shape index (κ3) is 3.21. The van der Waals surface area contributed by atoms with Crippen molar-refractivity contribution in [1.29, 1.82) is 0 Å². The quantitative estimate of drug-likeness (QED) is 0.829. The summed E-state index contributed by atoms with van der Waals surface area (Å²) in [5.74, 6) is 2.51. The number of nitrogens with one attached hydrogen (secondary N) is 2. The third-order valence-electron chi connectivity index (χ3n) is 2.23. The summed E-state index contributed by atoms with van der Waals surface area (Å²) in [4.78, 5) is 4.40. The molecule has 0 aliphatic carbocycles. The van der Waals surface area contributed by atoms with Crippen molar-refractivity contribution in [2.24, 2.45) is 0 Å². The molecule has 0 atom stereocenters. The van der Waals surface area contributed by atoms with Crippen molar-refractivity contribution in [1.82, 2.24) is 10.1 Å². The second-order valence-corrected chi connectivity index (χ2v) is 3.72. The van der Waals surface area contributed by atoms with E-state index in [-0.39, 0.29) is 0 Å². The molecular weight excluding hydrogens is 216 g/mol. The number of pyridine rings is 1. The van der Waals surface area contributed by atoms with Crippen LogP contribution in [-0.4, -0.2) is 16.7 Å². The lowest BCUT2D eigenvalue weighted by Crippen LogP contribution is -2.04. The van der Waals surface area contributed by atoms with E-state index in [4.69, 9.17) is 4.52 Å². The molecule has 0 fully saturated rings. The number of hydrogen-bond acceptors (Lipinski definition) is 5. The van der Waals surface area contributed by atoms with Crippen LogP contribution in [0.5, 0.6) is 0 Å². The predicted octanol–water partition coefficient (Wildman–Crippen LogP) is 2.42. The maximum atomic E-state index is 4.99. The van der Waals surface area contributed by atoms with Crippen LogP contribution in [0.2, 0.25) is 0 Å². The van der Waals surface area contributed by atoms with Gasteiger partial charge in [0.15, 0.2) is 0 Å². The maximum absolute atomic E-state index is 4.99. The van der Waals surface area contributed by atoms with Crippen LogP contribution >= 0.6 is 0 Å². The van der Waals surface area contributed by atoms with Crippen LogP contribution in [0.1, 0.15) is 18.4 Å². The topological polar surface area (TPSA) is 63.0 Å². The molecule has 0 aromatic carbocycles. The molecule has 0 amide bonds. The van der Waals surface area contributed by atoms with Gasteiger partial charge in [0.05, 0.1) is 6.54 Å². The molecule has 0 aliphatic rings. The van der Waals surface area contributed by atoms with E-state index < -0.39 is 0 Å². The van der Waals surface area contributed by atoms with E-state index in [1.807, 2.05) is 38.1 Å². The summed E-state index contributed by atoms with van der Waals surface area (Å²) in [6.07, 6.45) is 0. The summed E-state index contributed by atoms with van der Waals surface area (Å²) in [6, 6.07) is 7.73. The lowest BCUT2D eigenvalue weighted by Gasteiger charge is -2.06. The number of nitrogens with zero attached hydrogens (tertiary/aromatic N) is 2. The maximum Gasteiger partial charge on any atom is 0.133 e. The van der Waals surface area contributed by atoms with Crippen LogP contribution in [0.4, 0.5) is 11.6 Å². The number of aromatic nitrogens is 2. The second kappa shape index (κ2) is 5.34. The van der Waals surface area contributed by atoms with Crippen LogP contribution in [-0.2, 0) is 6.54 Å². The van der Waals surface area contributed by atoms with Crippen LogP contribution in [0.25, 0.3) is 0 Å². The molecule has 0 saturated heterocycles. The van der Waals surface area contributed by atoms with Crippen LogP contribution in [0.15, 0.2) is 28.8 Å². The van der Waals surface area contributed by atoms with E-state index in [0.29, 0.717) is 6.54 Å². The minimum atomic E-state index is 0.611. The Bertz CT molecular complexity index is 481.